The van der Waals surface area contributed by atoms with Gasteiger partial charge in [-0.15, -0.1) is 11.3 Å². The summed E-state index contributed by atoms with van der Waals surface area (Å²) in [4.78, 5) is 6.56. The summed E-state index contributed by atoms with van der Waals surface area (Å²) in [5.41, 5.74) is 0. The van der Waals surface area contributed by atoms with Gasteiger partial charge in [0.1, 0.15) is 12.7 Å². The standard InChI is InChI=1S/C12H21N3O2S/c1-2-12-14-11(9-18-12)17-8-10(16)7-15-5-3-13-4-6-15/h9-10,13,16H,2-8H2,1H3. The average Bonchev–Trinajstić information content (AvgIpc) is 2.85. The van der Waals surface area contributed by atoms with Crippen LogP contribution in [0.5, 0.6) is 5.88 Å². The highest BCUT2D eigenvalue weighted by Crippen LogP contribution is 2.16. The molecule has 2 rings (SSSR count). The van der Waals surface area contributed by atoms with Crippen molar-refractivity contribution in [2.75, 3.05) is 39.3 Å². The summed E-state index contributed by atoms with van der Waals surface area (Å²) in [7, 11) is 0. The second kappa shape index (κ2) is 7.04. The molecule has 0 aliphatic carbocycles. The summed E-state index contributed by atoms with van der Waals surface area (Å²) < 4.78 is 5.50. The van der Waals surface area contributed by atoms with Gasteiger partial charge in [0.2, 0.25) is 5.88 Å². The fourth-order valence-corrected chi connectivity index (χ4v) is 2.62. The zero-order chi connectivity index (χ0) is 12.8. The number of hydrogen-bond donors (Lipinski definition) is 2. The molecule has 0 saturated carbocycles. The Hall–Kier alpha value is -0.690. The van der Waals surface area contributed by atoms with E-state index < -0.39 is 6.10 Å². The Balaban J connectivity index is 1.68. The first kappa shape index (κ1) is 13.7. The van der Waals surface area contributed by atoms with Crippen LogP contribution < -0.4 is 10.1 Å². The summed E-state index contributed by atoms with van der Waals surface area (Å²) in [5.74, 6) is 0.635. The number of aromatic nitrogens is 1. The van der Waals surface area contributed by atoms with Crippen LogP contribution in [0.1, 0.15) is 11.9 Å². The first-order valence-electron chi connectivity index (χ1n) is 6.46. The molecule has 102 valence electrons. The summed E-state index contributed by atoms with van der Waals surface area (Å²) in [5, 5.41) is 16.2. The SMILES string of the molecule is CCc1nc(OCC(O)CN2CCNCC2)cs1. The second-order valence-electron chi connectivity index (χ2n) is 4.45. The molecule has 2 N–H and O–H groups in total. The molecule has 1 unspecified atom stereocenters. The van der Waals surface area contributed by atoms with E-state index in [-0.39, 0.29) is 0 Å². The van der Waals surface area contributed by atoms with E-state index in [0.29, 0.717) is 19.0 Å². The molecule has 0 amide bonds. The van der Waals surface area contributed by atoms with Gasteiger partial charge in [0.05, 0.1) is 10.4 Å². The first-order chi connectivity index (χ1) is 8.78. The van der Waals surface area contributed by atoms with Crippen molar-refractivity contribution in [1.82, 2.24) is 15.2 Å². The van der Waals surface area contributed by atoms with Gasteiger partial charge in [-0.2, -0.15) is 0 Å². The highest BCUT2D eigenvalue weighted by atomic mass is 32.1. The Kier molecular flexibility index (Phi) is 5.37. The third kappa shape index (κ3) is 4.20. The van der Waals surface area contributed by atoms with Crippen LogP contribution in [-0.4, -0.2) is 60.4 Å². The molecular formula is C12H21N3O2S. The van der Waals surface area contributed by atoms with Crippen LogP contribution in [0.25, 0.3) is 0 Å². The van der Waals surface area contributed by atoms with Gasteiger partial charge < -0.3 is 15.2 Å². The number of nitrogens with one attached hydrogen (secondary N) is 1. The minimum atomic E-state index is -0.449. The van der Waals surface area contributed by atoms with Crippen molar-refractivity contribution < 1.29 is 9.84 Å². The number of ether oxygens (including phenoxy) is 1. The molecule has 0 aromatic carbocycles. The normalized spacial score (nSPS) is 18.8. The van der Waals surface area contributed by atoms with E-state index in [1.807, 2.05) is 5.38 Å². The highest BCUT2D eigenvalue weighted by molar-refractivity contribution is 7.09. The fraction of sp³-hybridized carbons (Fsp3) is 0.750. The number of aliphatic hydroxyl groups is 1. The van der Waals surface area contributed by atoms with Gasteiger partial charge >= 0.3 is 0 Å². The predicted molar refractivity (Wildman–Crippen MR) is 72.3 cm³/mol. The van der Waals surface area contributed by atoms with Crippen molar-refractivity contribution in [3.63, 3.8) is 0 Å². The van der Waals surface area contributed by atoms with E-state index >= 15 is 0 Å². The maximum absolute atomic E-state index is 9.92. The second-order valence-corrected chi connectivity index (χ2v) is 5.39. The lowest BCUT2D eigenvalue weighted by atomic mass is 10.3. The molecule has 6 heteroatoms. The van der Waals surface area contributed by atoms with Crippen molar-refractivity contribution >= 4 is 11.3 Å². The topological polar surface area (TPSA) is 57.6 Å². The van der Waals surface area contributed by atoms with Gasteiger partial charge in [0.15, 0.2) is 0 Å². The van der Waals surface area contributed by atoms with Gasteiger partial charge in [0.25, 0.3) is 0 Å². The maximum Gasteiger partial charge on any atom is 0.224 e. The van der Waals surface area contributed by atoms with Crippen molar-refractivity contribution in [3.05, 3.63) is 10.4 Å². The van der Waals surface area contributed by atoms with Gasteiger partial charge in [-0.05, 0) is 6.42 Å². The molecule has 0 bridgehead atoms. The van der Waals surface area contributed by atoms with Crippen molar-refractivity contribution in [2.24, 2.45) is 0 Å². The number of thiazole rings is 1. The molecular weight excluding hydrogens is 250 g/mol. The molecule has 1 fully saturated rings. The van der Waals surface area contributed by atoms with Crippen LogP contribution in [0, 0.1) is 0 Å². The molecule has 1 aromatic heterocycles. The van der Waals surface area contributed by atoms with E-state index in [1.165, 1.54) is 0 Å². The number of β-amino-alcohol motifs (C(OH)–C–C–N with tert-alkyl or cyclic N) is 1. The third-order valence-corrected chi connectivity index (χ3v) is 3.91. The number of nitrogens with zero attached hydrogens (tertiary/aromatic N) is 2. The Morgan fingerprint density at radius 3 is 3.00 bits per heavy atom. The largest absolute Gasteiger partial charge is 0.474 e. The lowest BCUT2D eigenvalue weighted by Gasteiger charge is -2.28. The van der Waals surface area contributed by atoms with Crippen LogP contribution in [0.3, 0.4) is 0 Å². The van der Waals surface area contributed by atoms with Crippen LogP contribution in [-0.2, 0) is 6.42 Å². The van der Waals surface area contributed by atoms with Crippen molar-refractivity contribution in [3.8, 4) is 5.88 Å². The van der Waals surface area contributed by atoms with Crippen LogP contribution in [0.15, 0.2) is 5.38 Å². The van der Waals surface area contributed by atoms with Gasteiger partial charge in [-0.1, -0.05) is 6.92 Å². The smallest absolute Gasteiger partial charge is 0.224 e. The van der Waals surface area contributed by atoms with Gasteiger partial charge in [-0.25, -0.2) is 4.98 Å². The Bertz CT molecular complexity index is 353. The number of hydrogen-bond acceptors (Lipinski definition) is 6. The Morgan fingerprint density at radius 2 is 2.33 bits per heavy atom. The van der Waals surface area contributed by atoms with Crippen LogP contribution >= 0.6 is 11.3 Å². The number of aliphatic hydroxyl groups excluding tert-OH is 1. The molecule has 0 radical (unpaired) electrons. The van der Waals surface area contributed by atoms with E-state index in [9.17, 15) is 5.11 Å². The monoisotopic (exact) mass is 271 g/mol. The third-order valence-electron chi connectivity index (χ3n) is 2.94. The Morgan fingerprint density at radius 1 is 1.56 bits per heavy atom. The fourth-order valence-electron chi connectivity index (χ4n) is 1.95. The maximum atomic E-state index is 9.92. The first-order valence-corrected chi connectivity index (χ1v) is 7.34. The minimum absolute atomic E-state index is 0.316. The van der Waals surface area contributed by atoms with Crippen LogP contribution in [0.2, 0.25) is 0 Å². The van der Waals surface area contributed by atoms with E-state index in [4.69, 9.17) is 4.74 Å². The van der Waals surface area contributed by atoms with E-state index in [0.717, 1.165) is 37.6 Å². The zero-order valence-electron chi connectivity index (χ0n) is 10.8. The molecule has 2 heterocycles. The number of aryl methyl sites for hydroxylation is 1. The quantitative estimate of drug-likeness (QED) is 0.782. The number of rotatable bonds is 6. The summed E-state index contributed by atoms with van der Waals surface area (Å²) in [6.45, 7) is 7.05. The molecule has 1 aliphatic rings. The van der Waals surface area contributed by atoms with Crippen LogP contribution in [0.4, 0.5) is 0 Å². The minimum Gasteiger partial charge on any atom is -0.474 e. The average molecular weight is 271 g/mol. The van der Waals surface area contributed by atoms with Crippen molar-refractivity contribution in [2.45, 2.75) is 19.4 Å². The van der Waals surface area contributed by atoms with Gasteiger partial charge in [-0.3, -0.25) is 4.90 Å². The summed E-state index contributed by atoms with van der Waals surface area (Å²) in [6, 6.07) is 0. The summed E-state index contributed by atoms with van der Waals surface area (Å²) in [6.07, 6.45) is 0.479. The molecule has 1 aromatic rings. The van der Waals surface area contributed by atoms with Crippen molar-refractivity contribution in [1.29, 1.82) is 0 Å². The summed E-state index contributed by atoms with van der Waals surface area (Å²) >= 11 is 1.60. The molecule has 5 nitrogen and oxygen atoms in total. The molecule has 1 aliphatic heterocycles. The number of piperazine rings is 1. The van der Waals surface area contributed by atoms with E-state index in [1.54, 1.807) is 11.3 Å². The zero-order valence-corrected chi connectivity index (χ0v) is 11.6. The molecule has 0 spiro atoms. The Labute approximate surface area is 112 Å². The lowest BCUT2D eigenvalue weighted by Crippen LogP contribution is -2.47. The van der Waals surface area contributed by atoms with Gasteiger partial charge in [0, 0.05) is 32.7 Å². The molecule has 18 heavy (non-hydrogen) atoms. The van der Waals surface area contributed by atoms with E-state index in [2.05, 4.69) is 22.1 Å². The molecule has 1 atom stereocenters. The highest BCUT2D eigenvalue weighted by Gasteiger charge is 2.15. The predicted octanol–water partition coefficient (Wildman–Crippen LogP) is 0.350. The lowest BCUT2D eigenvalue weighted by molar-refractivity contribution is 0.0627. The molecule has 1 saturated heterocycles.